The van der Waals surface area contributed by atoms with E-state index in [1.54, 1.807) is 0 Å². The number of hydrogen-bond donors (Lipinski definition) is 0. The molecule has 96 valence electrons. The van der Waals surface area contributed by atoms with Gasteiger partial charge in [0.1, 0.15) is 12.2 Å². The Kier molecular flexibility index (Phi) is 4.39. The number of imidazole rings is 1. The summed E-state index contributed by atoms with van der Waals surface area (Å²) in [5.74, 6) is -0.789. The third-order valence-corrected chi connectivity index (χ3v) is 2.22. The molecule has 1 aromatic rings. The van der Waals surface area contributed by atoms with Crippen molar-refractivity contribution in [2.75, 3.05) is 19.0 Å². The first-order chi connectivity index (χ1) is 7.85. The van der Waals surface area contributed by atoms with Gasteiger partial charge in [-0.05, 0) is 0 Å². The van der Waals surface area contributed by atoms with E-state index in [0.717, 1.165) is 0 Å². The fourth-order valence-corrected chi connectivity index (χ4v) is 1.50. The summed E-state index contributed by atoms with van der Waals surface area (Å²) in [4.78, 5) is 16.1. The summed E-state index contributed by atoms with van der Waals surface area (Å²) in [7, 11) is 1.53. The minimum Gasteiger partial charge on any atom is -0.330 e. The summed E-state index contributed by atoms with van der Waals surface area (Å²) >= 11 is 5.39. The highest BCUT2D eigenvalue weighted by Gasteiger charge is 2.33. The minimum absolute atomic E-state index is 0.0559. The van der Waals surface area contributed by atoms with E-state index >= 15 is 0 Å². The van der Waals surface area contributed by atoms with E-state index in [4.69, 9.17) is 11.6 Å². The molecule has 0 radical (unpaired) electrons. The Labute approximate surface area is 101 Å². The van der Waals surface area contributed by atoms with Crippen LogP contribution in [0.15, 0.2) is 12.5 Å². The highest BCUT2D eigenvalue weighted by Crippen LogP contribution is 2.18. The van der Waals surface area contributed by atoms with Crippen LogP contribution in [0.5, 0.6) is 0 Å². The second-order valence-corrected chi connectivity index (χ2v) is 3.80. The monoisotopic (exact) mass is 269 g/mol. The standard InChI is InChI=1S/C9H11ClF3N3O/c1-15-6-14-4-7(15)8(17)16(3-2-10)5-9(11,12)13/h4,6H,2-3,5H2,1H3. The number of nitrogens with zero attached hydrogens (tertiary/aromatic N) is 3. The van der Waals surface area contributed by atoms with E-state index in [1.165, 1.54) is 24.1 Å². The summed E-state index contributed by atoms with van der Waals surface area (Å²) in [5.41, 5.74) is 0.0966. The summed E-state index contributed by atoms with van der Waals surface area (Å²) < 4.78 is 38.2. The number of carbonyl (C=O) groups is 1. The van der Waals surface area contributed by atoms with Crippen molar-refractivity contribution < 1.29 is 18.0 Å². The zero-order valence-corrected chi connectivity index (χ0v) is 9.79. The van der Waals surface area contributed by atoms with Crippen molar-refractivity contribution >= 4 is 17.5 Å². The predicted molar refractivity (Wildman–Crippen MR) is 55.9 cm³/mol. The van der Waals surface area contributed by atoms with Crippen molar-refractivity contribution in [1.29, 1.82) is 0 Å². The topological polar surface area (TPSA) is 38.1 Å². The Bertz CT molecular complexity index is 391. The molecule has 1 aromatic heterocycles. The fraction of sp³-hybridized carbons (Fsp3) is 0.556. The summed E-state index contributed by atoms with van der Waals surface area (Å²) in [6.45, 7) is -1.48. The molecule has 1 heterocycles. The molecule has 0 N–H and O–H groups in total. The molecule has 0 aromatic carbocycles. The second-order valence-electron chi connectivity index (χ2n) is 3.42. The Morgan fingerprint density at radius 2 is 2.24 bits per heavy atom. The van der Waals surface area contributed by atoms with Crippen LogP contribution in [-0.4, -0.2) is 45.5 Å². The molecule has 0 spiro atoms. The third kappa shape index (κ3) is 3.92. The lowest BCUT2D eigenvalue weighted by Crippen LogP contribution is -2.40. The van der Waals surface area contributed by atoms with Crippen molar-refractivity contribution in [2.45, 2.75) is 6.18 Å². The van der Waals surface area contributed by atoms with E-state index in [-0.39, 0.29) is 18.1 Å². The smallest absolute Gasteiger partial charge is 0.330 e. The summed E-state index contributed by atoms with van der Waals surface area (Å²) in [6, 6.07) is 0. The van der Waals surface area contributed by atoms with Crippen LogP contribution in [0.1, 0.15) is 10.5 Å². The molecule has 4 nitrogen and oxygen atoms in total. The Morgan fingerprint density at radius 1 is 1.59 bits per heavy atom. The third-order valence-electron chi connectivity index (χ3n) is 2.05. The first-order valence-electron chi connectivity index (χ1n) is 4.73. The Morgan fingerprint density at radius 3 is 2.65 bits per heavy atom. The highest BCUT2D eigenvalue weighted by atomic mass is 35.5. The van der Waals surface area contributed by atoms with Gasteiger partial charge in [-0.2, -0.15) is 13.2 Å². The van der Waals surface area contributed by atoms with Crippen LogP contribution in [0.3, 0.4) is 0 Å². The first-order valence-corrected chi connectivity index (χ1v) is 5.27. The van der Waals surface area contributed by atoms with Gasteiger partial charge in [0, 0.05) is 19.5 Å². The minimum atomic E-state index is -4.44. The van der Waals surface area contributed by atoms with Gasteiger partial charge in [-0.15, -0.1) is 11.6 Å². The molecule has 8 heteroatoms. The number of aromatic nitrogens is 2. The SMILES string of the molecule is Cn1cncc1C(=O)N(CCCl)CC(F)(F)F. The maximum absolute atomic E-state index is 12.3. The van der Waals surface area contributed by atoms with Gasteiger partial charge in [0.2, 0.25) is 0 Å². The zero-order chi connectivity index (χ0) is 13.1. The average Bonchev–Trinajstić information content (AvgIpc) is 2.61. The maximum Gasteiger partial charge on any atom is 0.406 e. The van der Waals surface area contributed by atoms with Gasteiger partial charge >= 0.3 is 6.18 Å². The summed E-state index contributed by atoms with van der Waals surface area (Å²) in [6.07, 6.45) is -1.88. The van der Waals surface area contributed by atoms with Gasteiger partial charge in [0.15, 0.2) is 0 Å². The number of alkyl halides is 4. The molecular weight excluding hydrogens is 259 g/mol. The largest absolute Gasteiger partial charge is 0.406 e. The van der Waals surface area contributed by atoms with Crippen molar-refractivity contribution in [2.24, 2.45) is 7.05 Å². The van der Waals surface area contributed by atoms with Crippen molar-refractivity contribution in [3.05, 3.63) is 18.2 Å². The molecule has 0 aliphatic rings. The number of halogens is 4. The predicted octanol–water partition coefficient (Wildman–Crippen LogP) is 1.66. The number of aryl methyl sites for hydroxylation is 1. The number of amides is 1. The molecule has 1 amide bonds. The molecule has 0 saturated carbocycles. The lowest BCUT2D eigenvalue weighted by molar-refractivity contribution is -0.140. The van der Waals surface area contributed by atoms with Crippen LogP contribution in [0.25, 0.3) is 0 Å². The molecule has 0 aliphatic heterocycles. The van der Waals surface area contributed by atoms with Crippen LogP contribution >= 0.6 is 11.6 Å². The lowest BCUT2D eigenvalue weighted by atomic mass is 10.3. The molecule has 0 bridgehead atoms. The van der Waals surface area contributed by atoms with Gasteiger partial charge in [-0.3, -0.25) is 4.79 Å². The quantitative estimate of drug-likeness (QED) is 0.780. The Balaban J connectivity index is 2.84. The lowest BCUT2D eigenvalue weighted by Gasteiger charge is -2.22. The number of rotatable bonds is 4. The summed E-state index contributed by atoms with van der Waals surface area (Å²) in [5, 5.41) is 0. The molecular formula is C9H11ClF3N3O. The van der Waals surface area contributed by atoms with Crippen LogP contribution in [-0.2, 0) is 7.05 Å². The van der Waals surface area contributed by atoms with Crippen LogP contribution in [0, 0.1) is 0 Å². The van der Waals surface area contributed by atoms with Crippen LogP contribution < -0.4 is 0 Å². The fourth-order valence-electron chi connectivity index (χ4n) is 1.30. The van der Waals surface area contributed by atoms with E-state index in [1.807, 2.05) is 0 Å². The molecule has 0 fully saturated rings. The molecule has 1 rings (SSSR count). The molecule has 17 heavy (non-hydrogen) atoms. The zero-order valence-electron chi connectivity index (χ0n) is 9.04. The van der Waals surface area contributed by atoms with Gasteiger partial charge in [0.25, 0.3) is 5.91 Å². The van der Waals surface area contributed by atoms with Gasteiger partial charge in [-0.25, -0.2) is 4.98 Å². The molecule has 0 atom stereocenters. The van der Waals surface area contributed by atoms with E-state index in [0.29, 0.717) is 4.90 Å². The normalized spacial score (nSPS) is 11.6. The van der Waals surface area contributed by atoms with E-state index in [2.05, 4.69) is 4.98 Å². The number of hydrogen-bond acceptors (Lipinski definition) is 2. The Hall–Kier alpha value is -1.24. The van der Waals surface area contributed by atoms with Gasteiger partial charge in [-0.1, -0.05) is 0 Å². The molecule has 0 saturated heterocycles. The van der Waals surface area contributed by atoms with Crippen LogP contribution in [0.4, 0.5) is 13.2 Å². The van der Waals surface area contributed by atoms with Crippen molar-refractivity contribution in [3.8, 4) is 0 Å². The number of carbonyl (C=O) groups excluding carboxylic acids is 1. The second kappa shape index (κ2) is 5.39. The highest BCUT2D eigenvalue weighted by molar-refractivity contribution is 6.18. The average molecular weight is 270 g/mol. The first kappa shape index (κ1) is 13.8. The molecule has 0 aliphatic carbocycles. The van der Waals surface area contributed by atoms with E-state index < -0.39 is 18.6 Å². The van der Waals surface area contributed by atoms with Gasteiger partial charge < -0.3 is 9.47 Å². The van der Waals surface area contributed by atoms with E-state index in [9.17, 15) is 18.0 Å². The van der Waals surface area contributed by atoms with Crippen LogP contribution in [0.2, 0.25) is 0 Å². The van der Waals surface area contributed by atoms with Crippen molar-refractivity contribution in [1.82, 2.24) is 14.5 Å². The van der Waals surface area contributed by atoms with Gasteiger partial charge in [0.05, 0.1) is 12.5 Å². The van der Waals surface area contributed by atoms with Crippen molar-refractivity contribution in [3.63, 3.8) is 0 Å². The maximum atomic E-state index is 12.3. The molecule has 0 unspecified atom stereocenters.